The third-order valence-electron chi connectivity index (χ3n) is 2.49. The highest BCUT2D eigenvalue weighted by Gasteiger charge is 2.04. The number of rotatable bonds is 7. The summed E-state index contributed by atoms with van der Waals surface area (Å²) in [5.41, 5.74) is 2.09. The van der Waals surface area contributed by atoms with Crippen molar-refractivity contribution in [1.29, 1.82) is 0 Å². The molecule has 0 fully saturated rings. The number of Topliss-reactive ketones (excluding diaryl/α,β-unsaturated/α-hetero) is 1. The number of hydrogen-bond acceptors (Lipinski definition) is 2. The van der Waals surface area contributed by atoms with Gasteiger partial charge in [-0.2, -0.15) is 0 Å². The predicted molar refractivity (Wildman–Crippen MR) is 65.9 cm³/mol. The molecule has 0 heterocycles. The topological polar surface area (TPSA) is 26.3 Å². The first-order valence-corrected chi connectivity index (χ1v) is 5.97. The van der Waals surface area contributed by atoms with E-state index in [0.717, 1.165) is 18.4 Å². The van der Waals surface area contributed by atoms with Crippen LogP contribution in [0.15, 0.2) is 24.3 Å². The van der Waals surface area contributed by atoms with E-state index in [1.165, 1.54) is 5.56 Å². The van der Waals surface area contributed by atoms with E-state index in [2.05, 4.69) is 6.92 Å². The Kier molecular flexibility index (Phi) is 5.79. The molecule has 0 aliphatic rings. The molecule has 0 atom stereocenters. The zero-order valence-corrected chi connectivity index (χ0v) is 10.2. The monoisotopic (exact) mass is 220 g/mol. The van der Waals surface area contributed by atoms with Crippen molar-refractivity contribution < 1.29 is 9.53 Å². The van der Waals surface area contributed by atoms with Crippen molar-refractivity contribution in [3.05, 3.63) is 35.4 Å². The van der Waals surface area contributed by atoms with E-state index in [1.807, 2.05) is 31.2 Å². The van der Waals surface area contributed by atoms with Crippen LogP contribution in [-0.2, 0) is 11.2 Å². The number of aryl methyl sites for hydroxylation is 1. The smallest absolute Gasteiger partial charge is 0.165 e. The summed E-state index contributed by atoms with van der Waals surface area (Å²) in [4.78, 5) is 11.7. The fraction of sp³-hybridized carbons (Fsp3) is 0.500. The zero-order chi connectivity index (χ0) is 11.8. The summed E-state index contributed by atoms with van der Waals surface area (Å²) in [6, 6.07) is 7.91. The first-order valence-electron chi connectivity index (χ1n) is 5.97. The van der Waals surface area contributed by atoms with Crippen molar-refractivity contribution in [2.75, 3.05) is 13.2 Å². The molecule has 1 rings (SSSR count). The summed E-state index contributed by atoms with van der Waals surface area (Å²) in [6.45, 7) is 5.28. The minimum Gasteiger partial charge on any atom is -0.381 e. The Labute approximate surface area is 97.6 Å². The third kappa shape index (κ3) is 4.15. The molecule has 0 N–H and O–H groups in total. The lowest BCUT2D eigenvalue weighted by atomic mass is 10.0. The van der Waals surface area contributed by atoms with Crippen LogP contribution >= 0.6 is 0 Å². The van der Waals surface area contributed by atoms with Crippen LogP contribution in [0.1, 0.15) is 42.6 Å². The maximum absolute atomic E-state index is 11.7. The van der Waals surface area contributed by atoms with Crippen molar-refractivity contribution in [2.45, 2.75) is 33.1 Å². The molecule has 2 heteroatoms. The maximum Gasteiger partial charge on any atom is 0.165 e. The Hall–Kier alpha value is -1.15. The Morgan fingerprint density at radius 3 is 2.44 bits per heavy atom. The number of carbonyl (C=O) groups excluding carboxylic acids is 1. The van der Waals surface area contributed by atoms with Gasteiger partial charge in [-0.3, -0.25) is 4.79 Å². The van der Waals surface area contributed by atoms with Gasteiger partial charge in [0.1, 0.15) is 0 Å². The van der Waals surface area contributed by atoms with Crippen LogP contribution in [-0.4, -0.2) is 19.0 Å². The van der Waals surface area contributed by atoms with E-state index in [1.54, 1.807) is 0 Å². The molecule has 1 aromatic carbocycles. The van der Waals surface area contributed by atoms with Gasteiger partial charge in [0, 0.05) is 18.6 Å². The normalized spacial score (nSPS) is 10.4. The highest BCUT2D eigenvalue weighted by atomic mass is 16.5. The molecule has 2 nitrogen and oxygen atoms in total. The van der Waals surface area contributed by atoms with Gasteiger partial charge >= 0.3 is 0 Å². The van der Waals surface area contributed by atoms with E-state index in [0.29, 0.717) is 19.6 Å². The molecule has 1 aromatic rings. The maximum atomic E-state index is 11.7. The van der Waals surface area contributed by atoms with Crippen LogP contribution in [0.4, 0.5) is 0 Å². The first-order chi connectivity index (χ1) is 7.77. The molecule has 0 saturated heterocycles. The van der Waals surface area contributed by atoms with Crippen LogP contribution in [0.25, 0.3) is 0 Å². The van der Waals surface area contributed by atoms with Gasteiger partial charge in [-0.1, -0.05) is 37.6 Å². The number of ether oxygens (including phenoxy) is 1. The molecule has 0 aliphatic carbocycles. The highest BCUT2D eigenvalue weighted by Crippen LogP contribution is 2.08. The number of benzene rings is 1. The zero-order valence-electron chi connectivity index (χ0n) is 10.2. The number of ketones is 1. The van der Waals surface area contributed by atoms with Crippen LogP contribution < -0.4 is 0 Å². The molecule has 0 radical (unpaired) electrons. The second kappa shape index (κ2) is 7.18. The molecule has 0 amide bonds. The van der Waals surface area contributed by atoms with Gasteiger partial charge in [0.15, 0.2) is 5.78 Å². The summed E-state index contributed by atoms with van der Waals surface area (Å²) in [5.74, 6) is 0.163. The second-order valence-electron chi connectivity index (χ2n) is 3.82. The van der Waals surface area contributed by atoms with Crippen LogP contribution in [0.3, 0.4) is 0 Å². The van der Waals surface area contributed by atoms with Gasteiger partial charge in [0.05, 0.1) is 6.61 Å². The van der Waals surface area contributed by atoms with Gasteiger partial charge in [-0.25, -0.2) is 0 Å². The van der Waals surface area contributed by atoms with Gasteiger partial charge in [0.25, 0.3) is 0 Å². The fourth-order valence-corrected chi connectivity index (χ4v) is 1.60. The van der Waals surface area contributed by atoms with Crippen molar-refractivity contribution in [1.82, 2.24) is 0 Å². The SMILES string of the molecule is CCCc1ccc(C(=O)CCOCC)cc1. The van der Waals surface area contributed by atoms with Crippen LogP contribution in [0.2, 0.25) is 0 Å². The number of carbonyl (C=O) groups is 1. The first kappa shape index (κ1) is 12.9. The molecule has 0 aliphatic heterocycles. The van der Waals surface area contributed by atoms with Gasteiger partial charge in [0.2, 0.25) is 0 Å². The summed E-state index contributed by atoms with van der Waals surface area (Å²) >= 11 is 0. The van der Waals surface area contributed by atoms with Gasteiger partial charge in [-0.15, -0.1) is 0 Å². The van der Waals surface area contributed by atoms with Crippen molar-refractivity contribution in [2.24, 2.45) is 0 Å². The summed E-state index contributed by atoms with van der Waals surface area (Å²) < 4.78 is 5.17. The Bertz CT molecular complexity index is 314. The second-order valence-corrected chi connectivity index (χ2v) is 3.82. The van der Waals surface area contributed by atoms with E-state index < -0.39 is 0 Å². The molecule has 0 unspecified atom stereocenters. The van der Waals surface area contributed by atoms with Gasteiger partial charge in [-0.05, 0) is 18.9 Å². The van der Waals surface area contributed by atoms with E-state index in [-0.39, 0.29) is 5.78 Å². The molecule has 16 heavy (non-hydrogen) atoms. The lowest BCUT2D eigenvalue weighted by Gasteiger charge is -2.03. The molecular weight excluding hydrogens is 200 g/mol. The number of hydrogen-bond donors (Lipinski definition) is 0. The third-order valence-corrected chi connectivity index (χ3v) is 2.49. The highest BCUT2D eigenvalue weighted by molar-refractivity contribution is 5.96. The predicted octanol–water partition coefficient (Wildman–Crippen LogP) is 3.25. The quantitative estimate of drug-likeness (QED) is 0.521. The average molecular weight is 220 g/mol. The van der Waals surface area contributed by atoms with Crippen molar-refractivity contribution >= 4 is 5.78 Å². The van der Waals surface area contributed by atoms with Crippen molar-refractivity contribution in [3.8, 4) is 0 Å². The Morgan fingerprint density at radius 1 is 1.19 bits per heavy atom. The Balaban J connectivity index is 2.49. The molecule has 0 spiro atoms. The summed E-state index contributed by atoms with van der Waals surface area (Å²) in [7, 11) is 0. The van der Waals surface area contributed by atoms with E-state index in [9.17, 15) is 4.79 Å². The standard InChI is InChI=1S/C14H20O2/c1-3-5-12-6-8-13(9-7-12)14(15)10-11-16-4-2/h6-9H,3-5,10-11H2,1-2H3. The minimum atomic E-state index is 0.163. The average Bonchev–Trinajstić information content (AvgIpc) is 2.30. The molecule has 0 bridgehead atoms. The summed E-state index contributed by atoms with van der Waals surface area (Å²) in [6.07, 6.45) is 2.69. The van der Waals surface area contributed by atoms with E-state index >= 15 is 0 Å². The Morgan fingerprint density at radius 2 is 1.88 bits per heavy atom. The van der Waals surface area contributed by atoms with Crippen LogP contribution in [0.5, 0.6) is 0 Å². The lowest BCUT2D eigenvalue weighted by Crippen LogP contribution is -2.04. The molecule has 0 aromatic heterocycles. The lowest BCUT2D eigenvalue weighted by molar-refractivity contribution is 0.0896. The van der Waals surface area contributed by atoms with E-state index in [4.69, 9.17) is 4.74 Å². The molecular formula is C14H20O2. The van der Waals surface area contributed by atoms with Crippen molar-refractivity contribution in [3.63, 3.8) is 0 Å². The minimum absolute atomic E-state index is 0.163. The fourth-order valence-electron chi connectivity index (χ4n) is 1.60. The van der Waals surface area contributed by atoms with Crippen LogP contribution in [0, 0.1) is 0 Å². The van der Waals surface area contributed by atoms with Gasteiger partial charge < -0.3 is 4.74 Å². The molecule has 88 valence electrons. The largest absolute Gasteiger partial charge is 0.381 e. The summed E-state index contributed by atoms with van der Waals surface area (Å²) in [5, 5.41) is 0. The molecule has 0 saturated carbocycles.